The molecule has 0 bridgehead atoms. The molecule has 0 unspecified atom stereocenters. The Labute approximate surface area is 175 Å². The summed E-state index contributed by atoms with van der Waals surface area (Å²) in [5.74, 6) is 0.531. The first-order chi connectivity index (χ1) is 13.9. The Kier molecular flexibility index (Phi) is 9.58. The average molecular weight is 417 g/mol. The smallest absolute Gasteiger partial charge is 0.296 e. The van der Waals surface area contributed by atoms with Gasteiger partial charge < -0.3 is 4.74 Å². The Morgan fingerprint density at radius 2 is 1.69 bits per heavy atom. The fourth-order valence-electron chi connectivity index (χ4n) is 2.72. The molecule has 29 heavy (non-hydrogen) atoms. The molecule has 0 saturated heterocycles. The van der Waals surface area contributed by atoms with Gasteiger partial charge in [-0.1, -0.05) is 74.0 Å². The summed E-state index contributed by atoms with van der Waals surface area (Å²) in [6, 6.07) is 16.9. The number of allylic oxidation sites excluding steroid dienone is 2. The van der Waals surface area contributed by atoms with Gasteiger partial charge in [0.25, 0.3) is 10.1 Å². The third kappa shape index (κ3) is 8.94. The van der Waals surface area contributed by atoms with Gasteiger partial charge in [0, 0.05) is 6.61 Å². The maximum absolute atomic E-state index is 12.2. The third-order valence-electron chi connectivity index (χ3n) is 4.65. The molecule has 0 fully saturated rings. The van der Waals surface area contributed by atoms with Crippen LogP contribution in [0.4, 0.5) is 0 Å². The molecule has 0 amide bonds. The summed E-state index contributed by atoms with van der Waals surface area (Å²) < 4.78 is 35.4. The van der Waals surface area contributed by atoms with E-state index in [4.69, 9.17) is 8.92 Å². The lowest BCUT2D eigenvalue weighted by Crippen LogP contribution is -2.12. The van der Waals surface area contributed by atoms with Gasteiger partial charge in [0.15, 0.2) is 0 Å². The second-order valence-electron chi connectivity index (χ2n) is 7.62. The summed E-state index contributed by atoms with van der Waals surface area (Å²) in [6.07, 6.45) is 6.00. The van der Waals surface area contributed by atoms with Gasteiger partial charge in [-0.25, -0.2) is 0 Å². The number of hydrogen-bond acceptors (Lipinski definition) is 4. The fourth-order valence-corrected chi connectivity index (χ4v) is 3.74. The summed E-state index contributed by atoms with van der Waals surface area (Å²) in [7, 11) is -3.69. The van der Waals surface area contributed by atoms with E-state index < -0.39 is 10.1 Å². The molecular formula is C24H32O4S. The molecule has 0 aliphatic rings. The van der Waals surface area contributed by atoms with E-state index in [1.807, 2.05) is 32.0 Å². The van der Waals surface area contributed by atoms with Gasteiger partial charge in [-0.05, 0) is 49.3 Å². The van der Waals surface area contributed by atoms with Crippen LogP contribution in [-0.2, 0) is 25.6 Å². The highest BCUT2D eigenvalue weighted by molar-refractivity contribution is 7.86. The van der Waals surface area contributed by atoms with E-state index in [1.165, 1.54) is 5.56 Å². The van der Waals surface area contributed by atoms with Crippen LogP contribution >= 0.6 is 0 Å². The van der Waals surface area contributed by atoms with Crippen molar-refractivity contribution in [3.63, 3.8) is 0 Å². The van der Waals surface area contributed by atoms with Crippen LogP contribution in [0.25, 0.3) is 0 Å². The molecule has 2 aromatic rings. The molecule has 0 spiro atoms. The minimum Gasteiger partial charge on any atom is -0.377 e. The third-order valence-corrected chi connectivity index (χ3v) is 5.95. The van der Waals surface area contributed by atoms with Gasteiger partial charge in [0.05, 0.1) is 18.1 Å². The molecule has 4 nitrogen and oxygen atoms in total. The SMILES string of the molecule is Cc1ccc(S(=O)(=O)OC[C@H](C)C/C=C/[C@H](C)CCOCc2ccccc2)cc1. The van der Waals surface area contributed by atoms with E-state index in [9.17, 15) is 8.42 Å². The Bertz CT molecular complexity index is 842. The molecule has 0 radical (unpaired) electrons. The molecule has 2 aromatic carbocycles. The van der Waals surface area contributed by atoms with Crippen LogP contribution in [0.15, 0.2) is 71.6 Å². The highest BCUT2D eigenvalue weighted by Crippen LogP contribution is 2.16. The fraction of sp³-hybridized carbons (Fsp3) is 0.417. The predicted octanol–water partition coefficient (Wildman–Crippen LogP) is 5.53. The van der Waals surface area contributed by atoms with Crippen LogP contribution in [-0.4, -0.2) is 21.6 Å². The first-order valence-corrected chi connectivity index (χ1v) is 11.5. The molecule has 0 N–H and O–H groups in total. The van der Waals surface area contributed by atoms with Crippen LogP contribution in [0.3, 0.4) is 0 Å². The largest absolute Gasteiger partial charge is 0.377 e. The van der Waals surface area contributed by atoms with Gasteiger partial charge >= 0.3 is 0 Å². The first-order valence-electron chi connectivity index (χ1n) is 10.1. The van der Waals surface area contributed by atoms with Crippen LogP contribution < -0.4 is 0 Å². The lowest BCUT2D eigenvalue weighted by molar-refractivity contribution is 0.113. The Balaban J connectivity index is 1.63. The Morgan fingerprint density at radius 1 is 1.00 bits per heavy atom. The van der Waals surface area contributed by atoms with Crippen molar-refractivity contribution < 1.29 is 17.3 Å². The molecule has 5 heteroatoms. The van der Waals surface area contributed by atoms with Crippen LogP contribution in [0, 0.1) is 18.8 Å². The Morgan fingerprint density at radius 3 is 2.38 bits per heavy atom. The maximum Gasteiger partial charge on any atom is 0.296 e. The van der Waals surface area contributed by atoms with Crippen molar-refractivity contribution in [3.8, 4) is 0 Å². The topological polar surface area (TPSA) is 52.6 Å². The lowest BCUT2D eigenvalue weighted by Gasteiger charge is -2.11. The highest BCUT2D eigenvalue weighted by Gasteiger charge is 2.16. The van der Waals surface area contributed by atoms with Crippen LogP contribution in [0.1, 0.15) is 37.8 Å². The van der Waals surface area contributed by atoms with Crippen molar-refractivity contribution in [1.82, 2.24) is 0 Å². The van der Waals surface area contributed by atoms with Crippen molar-refractivity contribution in [1.29, 1.82) is 0 Å². The molecule has 0 aliphatic heterocycles. The van der Waals surface area contributed by atoms with E-state index in [0.29, 0.717) is 19.1 Å². The molecule has 0 saturated carbocycles. The monoisotopic (exact) mass is 416 g/mol. The van der Waals surface area contributed by atoms with E-state index in [2.05, 4.69) is 31.2 Å². The second kappa shape index (κ2) is 11.9. The van der Waals surface area contributed by atoms with E-state index in [0.717, 1.165) is 18.4 Å². The summed E-state index contributed by atoms with van der Waals surface area (Å²) in [6.45, 7) is 7.60. The molecule has 158 valence electrons. The summed E-state index contributed by atoms with van der Waals surface area (Å²) in [4.78, 5) is 0.204. The predicted molar refractivity (Wildman–Crippen MR) is 117 cm³/mol. The number of aryl methyl sites for hydroxylation is 1. The zero-order valence-corrected chi connectivity index (χ0v) is 18.4. The van der Waals surface area contributed by atoms with E-state index in [1.54, 1.807) is 24.3 Å². The van der Waals surface area contributed by atoms with Crippen LogP contribution in [0.2, 0.25) is 0 Å². The van der Waals surface area contributed by atoms with Gasteiger partial charge in [0.2, 0.25) is 0 Å². The van der Waals surface area contributed by atoms with Crippen molar-refractivity contribution >= 4 is 10.1 Å². The van der Waals surface area contributed by atoms with Crippen molar-refractivity contribution in [2.45, 2.75) is 45.1 Å². The van der Waals surface area contributed by atoms with Crippen LogP contribution in [0.5, 0.6) is 0 Å². The number of hydrogen-bond donors (Lipinski definition) is 0. The number of benzene rings is 2. The Hall–Kier alpha value is -1.95. The molecule has 2 atom stereocenters. The highest BCUT2D eigenvalue weighted by atomic mass is 32.2. The van der Waals surface area contributed by atoms with E-state index in [-0.39, 0.29) is 17.4 Å². The molecular weight excluding hydrogens is 384 g/mol. The molecule has 2 rings (SSSR count). The number of ether oxygens (including phenoxy) is 1. The minimum absolute atomic E-state index is 0.119. The summed E-state index contributed by atoms with van der Waals surface area (Å²) in [5, 5.41) is 0. The molecule has 0 aromatic heterocycles. The zero-order chi connectivity index (χ0) is 21.1. The normalized spacial score (nSPS) is 14.2. The maximum atomic E-state index is 12.2. The first kappa shape index (κ1) is 23.3. The lowest BCUT2D eigenvalue weighted by atomic mass is 10.0. The van der Waals surface area contributed by atoms with Crippen molar-refractivity contribution in [2.75, 3.05) is 13.2 Å². The van der Waals surface area contributed by atoms with E-state index >= 15 is 0 Å². The zero-order valence-electron chi connectivity index (χ0n) is 17.6. The number of rotatable bonds is 12. The average Bonchev–Trinajstić information content (AvgIpc) is 2.71. The van der Waals surface area contributed by atoms with Gasteiger partial charge in [-0.3, -0.25) is 4.18 Å². The summed E-state index contributed by atoms with van der Waals surface area (Å²) in [5.41, 5.74) is 2.20. The van der Waals surface area contributed by atoms with Gasteiger partial charge in [-0.2, -0.15) is 8.42 Å². The van der Waals surface area contributed by atoms with Crippen molar-refractivity contribution in [3.05, 3.63) is 77.9 Å². The molecule has 0 aliphatic carbocycles. The molecule has 0 heterocycles. The van der Waals surface area contributed by atoms with Gasteiger partial charge in [-0.15, -0.1) is 0 Å². The second-order valence-corrected chi connectivity index (χ2v) is 9.24. The summed E-state index contributed by atoms with van der Waals surface area (Å²) >= 11 is 0. The van der Waals surface area contributed by atoms with Gasteiger partial charge in [0.1, 0.15) is 0 Å². The van der Waals surface area contributed by atoms with Crippen molar-refractivity contribution in [2.24, 2.45) is 11.8 Å². The standard InChI is InChI=1S/C24H32O4S/c1-20(16-17-27-19-23-10-5-4-6-11-23)8-7-9-22(3)18-28-29(25,26)24-14-12-21(2)13-15-24/h4-8,10-15,20,22H,9,16-19H2,1-3H3/b8-7+/t20-,22+/m0/s1. The quantitative estimate of drug-likeness (QED) is 0.259. The minimum atomic E-state index is -3.69.